The fourth-order valence-electron chi connectivity index (χ4n) is 3.14. The number of anilines is 3. The highest BCUT2D eigenvalue weighted by Gasteiger charge is 2.14. The van der Waals surface area contributed by atoms with E-state index in [4.69, 9.17) is 10.5 Å². The Kier molecular flexibility index (Phi) is 4.04. The standard InChI is InChI=1S/C20H19N5O2/c1-11-19(12-5-3-4-6-14(12)23-11)15-7-8-22-20(24-15)25-16-9-13(21)17(26)10-18(16)27-2/h3-10,23,26H,21H2,1-2H3,(H,22,24,25). The molecule has 0 amide bonds. The lowest BCUT2D eigenvalue weighted by Gasteiger charge is -2.12. The molecular formula is C20H19N5O2. The summed E-state index contributed by atoms with van der Waals surface area (Å²) in [5.74, 6) is 0.807. The fourth-order valence-corrected chi connectivity index (χ4v) is 3.14. The van der Waals surface area contributed by atoms with E-state index in [9.17, 15) is 5.11 Å². The predicted octanol–water partition coefficient (Wildman–Crippen LogP) is 3.97. The van der Waals surface area contributed by atoms with E-state index in [2.05, 4.69) is 26.3 Å². The molecule has 0 spiro atoms. The van der Waals surface area contributed by atoms with E-state index in [0.717, 1.165) is 27.9 Å². The van der Waals surface area contributed by atoms with Crippen molar-refractivity contribution in [2.75, 3.05) is 18.2 Å². The van der Waals surface area contributed by atoms with Crippen molar-refractivity contribution in [2.45, 2.75) is 6.92 Å². The Morgan fingerprint density at radius 3 is 2.81 bits per heavy atom. The molecular weight excluding hydrogens is 342 g/mol. The smallest absolute Gasteiger partial charge is 0.227 e. The molecule has 0 aliphatic carbocycles. The van der Waals surface area contributed by atoms with Gasteiger partial charge in [0.1, 0.15) is 11.5 Å². The van der Waals surface area contributed by atoms with E-state index >= 15 is 0 Å². The summed E-state index contributed by atoms with van der Waals surface area (Å²) in [6.45, 7) is 2.02. The first-order chi connectivity index (χ1) is 13.1. The van der Waals surface area contributed by atoms with Crippen LogP contribution in [0, 0.1) is 6.92 Å². The van der Waals surface area contributed by atoms with Gasteiger partial charge in [0.2, 0.25) is 5.95 Å². The number of benzene rings is 2. The van der Waals surface area contributed by atoms with E-state index in [-0.39, 0.29) is 11.4 Å². The van der Waals surface area contributed by atoms with Gasteiger partial charge in [-0.3, -0.25) is 0 Å². The van der Waals surface area contributed by atoms with E-state index in [1.54, 1.807) is 12.3 Å². The minimum Gasteiger partial charge on any atom is -0.506 e. The van der Waals surface area contributed by atoms with Gasteiger partial charge in [-0.15, -0.1) is 0 Å². The Hall–Kier alpha value is -3.74. The Bertz CT molecular complexity index is 1140. The number of aromatic amines is 1. The first kappa shape index (κ1) is 16.7. The van der Waals surface area contributed by atoms with Crippen molar-refractivity contribution in [3.63, 3.8) is 0 Å². The predicted molar refractivity (Wildman–Crippen MR) is 106 cm³/mol. The molecule has 136 valence electrons. The zero-order valence-electron chi connectivity index (χ0n) is 14.9. The number of ether oxygens (including phenoxy) is 1. The van der Waals surface area contributed by atoms with Crippen LogP contribution in [0.5, 0.6) is 11.5 Å². The number of aromatic nitrogens is 3. The van der Waals surface area contributed by atoms with Gasteiger partial charge in [0.15, 0.2) is 0 Å². The summed E-state index contributed by atoms with van der Waals surface area (Å²) < 4.78 is 5.29. The summed E-state index contributed by atoms with van der Waals surface area (Å²) in [5, 5.41) is 14.0. The quantitative estimate of drug-likeness (QED) is 0.249. The van der Waals surface area contributed by atoms with E-state index in [1.807, 2.05) is 31.2 Å². The highest BCUT2D eigenvalue weighted by Crippen LogP contribution is 2.36. The number of fused-ring (bicyclic) bond motifs is 1. The summed E-state index contributed by atoms with van der Waals surface area (Å²) in [4.78, 5) is 12.3. The van der Waals surface area contributed by atoms with Gasteiger partial charge in [-0.25, -0.2) is 9.97 Å². The third-order valence-corrected chi connectivity index (χ3v) is 4.40. The molecule has 0 aliphatic rings. The molecule has 0 radical (unpaired) electrons. The molecule has 0 aliphatic heterocycles. The summed E-state index contributed by atoms with van der Waals surface area (Å²) in [7, 11) is 1.52. The number of phenolic OH excluding ortho intramolecular Hbond substituents is 1. The van der Waals surface area contributed by atoms with Gasteiger partial charge in [0, 0.05) is 34.4 Å². The summed E-state index contributed by atoms with van der Waals surface area (Å²) in [6.07, 6.45) is 1.70. The lowest BCUT2D eigenvalue weighted by Crippen LogP contribution is -2.01. The zero-order chi connectivity index (χ0) is 19.0. The molecule has 0 saturated heterocycles. The summed E-state index contributed by atoms with van der Waals surface area (Å²) in [5.41, 5.74) is 10.5. The maximum absolute atomic E-state index is 9.75. The van der Waals surface area contributed by atoms with Gasteiger partial charge >= 0.3 is 0 Å². The molecule has 0 bridgehead atoms. The van der Waals surface area contributed by atoms with Crippen LogP contribution in [0.2, 0.25) is 0 Å². The Balaban J connectivity index is 1.76. The number of nitrogens with one attached hydrogen (secondary N) is 2. The molecule has 4 rings (SSSR count). The van der Waals surface area contributed by atoms with Crippen LogP contribution in [-0.4, -0.2) is 27.2 Å². The first-order valence-corrected chi connectivity index (χ1v) is 8.41. The molecule has 0 unspecified atom stereocenters. The van der Waals surface area contributed by atoms with Gasteiger partial charge in [0.25, 0.3) is 0 Å². The Morgan fingerprint density at radius 2 is 2.00 bits per heavy atom. The second kappa shape index (κ2) is 6.53. The Morgan fingerprint density at radius 1 is 1.19 bits per heavy atom. The Labute approximate surface area is 155 Å². The molecule has 4 aromatic rings. The fraction of sp³-hybridized carbons (Fsp3) is 0.100. The number of nitrogens with zero attached hydrogens (tertiary/aromatic N) is 2. The van der Waals surface area contributed by atoms with Crippen molar-refractivity contribution in [3.8, 4) is 22.8 Å². The van der Waals surface area contributed by atoms with E-state index in [0.29, 0.717) is 17.4 Å². The average Bonchev–Trinajstić information content (AvgIpc) is 3.00. The van der Waals surface area contributed by atoms with Crippen LogP contribution in [0.3, 0.4) is 0 Å². The molecule has 5 N–H and O–H groups in total. The second-order valence-electron chi connectivity index (χ2n) is 6.17. The topological polar surface area (TPSA) is 109 Å². The van der Waals surface area contributed by atoms with Crippen molar-refractivity contribution < 1.29 is 9.84 Å². The molecule has 0 saturated carbocycles. The van der Waals surface area contributed by atoms with Crippen molar-refractivity contribution in [1.82, 2.24) is 15.0 Å². The number of rotatable bonds is 4. The van der Waals surface area contributed by atoms with Gasteiger partial charge in [-0.2, -0.15) is 0 Å². The normalized spacial score (nSPS) is 10.9. The van der Waals surface area contributed by atoms with Crippen LogP contribution in [0.15, 0.2) is 48.7 Å². The number of aromatic hydroxyl groups is 1. The van der Waals surface area contributed by atoms with Crippen molar-refractivity contribution in [3.05, 3.63) is 54.4 Å². The van der Waals surface area contributed by atoms with E-state index < -0.39 is 0 Å². The molecule has 0 fully saturated rings. The van der Waals surface area contributed by atoms with Crippen molar-refractivity contribution >= 4 is 28.2 Å². The average molecular weight is 361 g/mol. The van der Waals surface area contributed by atoms with Crippen LogP contribution in [-0.2, 0) is 0 Å². The largest absolute Gasteiger partial charge is 0.506 e. The van der Waals surface area contributed by atoms with Gasteiger partial charge in [-0.05, 0) is 25.1 Å². The number of para-hydroxylation sites is 1. The molecule has 2 aromatic carbocycles. The molecule has 7 heteroatoms. The van der Waals surface area contributed by atoms with Gasteiger partial charge in [-0.1, -0.05) is 18.2 Å². The minimum atomic E-state index is -0.0403. The lowest BCUT2D eigenvalue weighted by molar-refractivity contribution is 0.410. The lowest BCUT2D eigenvalue weighted by atomic mass is 10.1. The maximum atomic E-state index is 9.75. The maximum Gasteiger partial charge on any atom is 0.227 e. The number of hydrogen-bond donors (Lipinski definition) is 4. The number of nitrogen functional groups attached to an aromatic ring is 1. The third kappa shape index (κ3) is 2.99. The van der Waals surface area contributed by atoms with Gasteiger partial charge in [0.05, 0.1) is 24.2 Å². The molecule has 2 heterocycles. The van der Waals surface area contributed by atoms with Crippen LogP contribution in [0.25, 0.3) is 22.2 Å². The number of aryl methyl sites for hydroxylation is 1. The molecule has 27 heavy (non-hydrogen) atoms. The minimum absolute atomic E-state index is 0.0403. The summed E-state index contributed by atoms with van der Waals surface area (Å²) >= 11 is 0. The number of phenols is 1. The third-order valence-electron chi connectivity index (χ3n) is 4.40. The molecule has 7 nitrogen and oxygen atoms in total. The van der Waals surface area contributed by atoms with Crippen LogP contribution in [0.4, 0.5) is 17.3 Å². The first-order valence-electron chi connectivity index (χ1n) is 8.41. The molecule has 2 aromatic heterocycles. The van der Waals surface area contributed by atoms with Crippen molar-refractivity contribution in [2.24, 2.45) is 0 Å². The number of methoxy groups -OCH3 is 1. The second-order valence-corrected chi connectivity index (χ2v) is 6.17. The monoisotopic (exact) mass is 361 g/mol. The zero-order valence-corrected chi connectivity index (χ0v) is 14.9. The highest BCUT2D eigenvalue weighted by atomic mass is 16.5. The summed E-state index contributed by atoms with van der Waals surface area (Å²) in [6, 6.07) is 13.0. The number of H-pyrrole nitrogens is 1. The van der Waals surface area contributed by atoms with E-state index in [1.165, 1.54) is 13.2 Å². The van der Waals surface area contributed by atoms with Gasteiger partial charge < -0.3 is 25.9 Å². The van der Waals surface area contributed by atoms with Crippen LogP contribution in [0.1, 0.15) is 5.69 Å². The number of hydrogen-bond acceptors (Lipinski definition) is 6. The number of nitrogens with two attached hydrogens (primary N) is 1. The van der Waals surface area contributed by atoms with Crippen LogP contribution >= 0.6 is 0 Å². The van der Waals surface area contributed by atoms with Crippen LogP contribution < -0.4 is 15.8 Å². The molecule has 0 atom stereocenters. The van der Waals surface area contributed by atoms with Crippen molar-refractivity contribution in [1.29, 1.82) is 0 Å². The highest BCUT2D eigenvalue weighted by molar-refractivity contribution is 5.96. The SMILES string of the molecule is COc1cc(O)c(N)cc1Nc1nccc(-c2c(C)[nH]c3ccccc23)n1.